The third kappa shape index (κ3) is 4.49. The van der Waals surface area contributed by atoms with Gasteiger partial charge in [-0.3, -0.25) is 4.79 Å². The topological polar surface area (TPSA) is 41.1 Å². The van der Waals surface area contributed by atoms with Gasteiger partial charge in [0.25, 0.3) is 0 Å². The molecule has 0 aliphatic rings. The molecule has 116 valence electrons. The van der Waals surface area contributed by atoms with Crippen molar-refractivity contribution in [1.29, 1.82) is 0 Å². The maximum Gasteiger partial charge on any atom is 0.416 e. The highest BCUT2D eigenvalue weighted by Crippen LogP contribution is 2.30. The molecule has 2 aromatic rings. The minimum Gasteiger partial charge on any atom is -0.376 e. The Morgan fingerprint density at radius 2 is 1.82 bits per heavy atom. The van der Waals surface area contributed by atoms with Gasteiger partial charge in [-0.25, -0.2) is 0 Å². The lowest BCUT2D eigenvalue weighted by Crippen LogP contribution is -2.22. The molecule has 2 rings (SSSR count). The second-order valence-electron chi connectivity index (χ2n) is 4.46. The van der Waals surface area contributed by atoms with Gasteiger partial charge in [0.2, 0.25) is 5.91 Å². The fourth-order valence-electron chi connectivity index (χ4n) is 1.74. The maximum atomic E-state index is 12.6. The Morgan fingerprint density at radius 1 is 1.09 bits per heavy atom. The number of halogens is 4. The van der Waals surface area contributed by atoms with Gasteiger partial charge in [-0.05, 0) is 46.3 Å². The number of hydrogen-bond donors (Lipinski definition) is 2. The molecule has 0 fully saturated rings. The largest absolute Gasteiger partial charge is 0.416 e. The van der Waals surface area contributed by atoms with Gasteiger partial charge < -0.3 is 10.6 Å². The Balaban J connectivity index is 1.96. The summed E-state index contributed by atoms with van der Waals surface area (Å²) in [4.78, 5) is 11.8. The van der Waals surface area contributed by atoms with E-state index in [1.54, 1.807) is 24.3 Å². The van der Waals surface area contributed by atoms with Crippen molar-refractivity contribution in [2.75, 3.05) is 17.2 Å². The highest BCUT2D eigenvalue weighted by Gasteiger charge is 2.30. The Kier molecular flexibility index (Phi) is 5.07. The van der Waals surface area contributed by atoms with Gasteiger partial charge in [0.15, 0.2) is 0 Å². The van der Waals surface area contributed by atoms with Crippen molar-refractivity contribution in [2.45, 2.75) is 6.18 Å². The molecule has 0 spiro atoms. The summed E-state index contributed by atoms with van der Waals surface area (Å²) in [6.45, 7) is -0.136. The molecule has 0 heterocycles. The van der Waals surface area contributed by atoms with Crippen molar-refractivity contribution in [3.8, 4) is 0 Å². The molecule has 0 unspecified atom stereocenters. The predicted molar refractivity (Wildman–Crippen MR) is 82.7 cm³/mol. The predicted octanol–water partition coefficient (Wildman–Crippen LogP) is 4.52. The number of amides is 1. The quantitative estimate of drug-likeness (QED) is 0.828. The van der Waals surface area contributed by atoms with Crippen LogP contribution in [0.15, 0.2) is 53.0 Å². The van der Waals surface area contributed by atoms with Crippen molar-refractivity contribution in [1.82, 2.24) is 0 Å². The van der Waals surface area contributed by atoms with Gasteiger partial charge in [0.05, 0.1) is 17.8 Å². The van der Waals surface area contributed by atoms with E-state index in [0.29, 0.717) is 5.69 Å². The van der Waals surface area contributed by atoms with E-state index in [1.165, 1.54) is 12.1 Å². The summed E-state index contributed by atoms with van der Waals surface area (Å²) in [5.74, 6) is -0.357. The lowest BCUT2D eigenvalue weighted by atomic mass is 10.2. The van der Waals surface area contributed by atoms with E-state index in [2.05, 4.69) is 26.6 Å². The molecule has 0 saturated carbocycles. The van der Waals surface area contributed by atoms with Crippen LogP contribution in [0, 0.1) is 0 Å². The second-order valence-corrected chi connectivity index (χ2v) is 5.31. The van der Waals surface area contributed by atoms with Crippen LogP contribution in [0.25, 0.3) is 0 Å². The minimum absolute atomic E-state index is 0.136. The number of carbonyl (C=O) groups is 1. The van der Waals surface area contributed by atoms with Crippen molar-refractivity contribution in [2.24, 2.45) is 0 Å². The summed E-state index contributed by atoms with van der Waals surface area (Å²) in [5, 5.41) is 5.32. The zero-order valence-electron chi connectivity index (χ0n) is 11.2. The standard InChI is InChI=1S/C15H12BrF3N2O/c16-12-6-1-2-7-13(12)21-14(22)9-20-11-5-3-4-10(8-11)15(17,18)19/h1-8,20H,9H2,(H,21,22). The first-order valence-electron chi connectivity index (χ1n) is 6.32. The third-order valence-corrected chi connectivity index (χ3v) is 3.48. The van der Waals surface area contributed by atoms with Gasteiger partial charge in [0.1, 0.15) is 0 Å². The zero-order chi connectivity index (χ0) is 16.2. The van der Waals surface area contributed by atoms with E-state index in [0.717, 1.165) is 16.6 Å². The van der Waals surface area contributed by atoms with Crippen LogP contribution in [-0.4, -0.2) is 12.5 Å². The molecule has 0 aromatic heterocycles. The highest BCUT2D eigenvalue weighted by molar-refractivity contribution is 9.10. The molecule has 0 atom stereocenters. The fourth-order valence-corrected chi connectivity index (χ4v) is 2.13. The average Bonchev–Trinajstić information content (AvgIpc) is 2.47. The number of para-hydroxylation sites is 1. The summed E-state index contributed by atoms with van der Waals surface area (Å²) in [5.41, 5.74) is 0.0687. The number of anilines is 2. The van der Waals surface area contributed by atoms with Gasteiger partial charge in [0, 0.05) is 10.2 Å². The molecule has 0 bridgehead atoms. The number of benzene rings is 2. The van der Waals surface area contributed by atoms with Gasteiger partial charge in [-0.2, -0.15) is 13.2 Å². The molecule has 0 aliphatic carbocycles. The number of nitrogens with one attached hydrogen (secondary N) is 2. The molecule has 0 saturated heterocycles. The van der Waals surface area contributed by atoms with Crippen LogP contribution in [0.4, 0.5) is 24.5 Å². The van der Waals surface area contributed by atoms with Crippen LogP contribution in [-0.2, 0) is 11.0 Å². The molecule has 2 N–H and O–H groups in total. The van der Waals surface area contributed by atoms with Crippen molar-refractivity contribution in [3.05, 3.63) is 58.6 Å². The first-order valence-corrected chi connectivity index (χ1v) is 7.11. The lowest BCUT2D eigenvalue weighted by Gasteiger charge is -2.11. The summed E-state index contributed by atoms with van der Waals surface area (Å²) >= 11 is 3.29. The average molecular weight is 373 g/mol. The van der Waals surface area contributed by atoms with Crippen LogP contribution in [0.3, 0.4) is 0 Å². The van der Waals surface area contributed by atoms with E-state index >= 15 is 0 Å². The normalized spacial score (nSPS) is 11.1. The molecule has 22 heavy (non-hydrogen) atoms. The zero-order valence-corrected chi connectivity index (χ0v) is 12.8. The fraction of sp³-hybridized carbons (Fsp3) is 0.133. The van der Waals surface area contributed by atoms with Crippen LogP contribution < -0.4 is 10.6 Å². The molecule has 3 nitrogen and oxygen atoms in total. The second kappa shape index (κ2) is 6.83. The van der Waals surface area contributed by atoms with Crippen molar-refractivity contribution in [3.63, 3.8) is 0 Å². The van der Waals surface area contributed by atoms with E-state index in [1.807, 2.05) is 0 Å². The van der Waals surface area contributed by atoms with Gasteiger partial charge in [-0.15, -0.1) is 0 Å². The Bertz CT molecular complexity index is 674. The SMILES string of the molecule is O=C(CNc1cccc(C(F)(F)F)c1)Nc1ccccc1Br. The lowest BCUT2D eigenvalue weighted by molar-refractivity contribution is -0.137. The molecule has 7 heteroatoms. The molecule has 1 amide bonds. The number of alkyl halides is 3. The molecular formula is C15H12BrF3N2O. The highest BCUT2D eigenvalue weighted by atomic mass is 79.9. The third-order valence-electron chi connectivity index (χ3n) is 2.79. The summed E-state index contributed by atoms with van der Waals surface area (Å²) < 4.78 is 38.5. The van der Waals surface area contributed by atoms with Crippen LogP contribution in [0.1, 0.15) is 5.56 Å². The Hall–Kier alpha value is -2.02. The van der Waals surface area contributed by atoms with Gasteiger partial charge >= 0.3 is 6.18 Å². The number of carbonyl (C=O) groups excluding carboxylic acids is 1. The smallest absolute Gasteiger partial charge is 0.376 e. The monoisotopic (exact) mass is 372 g/mol. The Labute approximate surface area is 133 Å². The van der Waals surface area contributed by atoms with Gasteiger partial charge in [-0.1, -0.05) is 18.2 Å². The first-order chi connectivity index (χ1) is 10.4. The molecule has 0 aliphatic heterocycles. The number of rotatable bonds is 4. The van der Waals surface area contributed by atoms with Crippen LogP contribution >= 0.6 is 15.9 Å². The van der Waals surface area contributed by atoms with Crippen LogP contribution in [0.5, 0.6) is 0 Å². The van der Waals surface area contributed by atoms with Crippen molar-refractivity contribution >= 4 is 33.2 Å². The molecule has 0 radical (unpaired) electrons. The van der Waals surface area contributed by atoms with E-state index in [-0.39, 0.29) is 18.1 Å². The maximum absolute atomic E-state index is 12.6. The summed E-state index contributed by atoms with van der Waals surface area (Å²) in [6, 6.07) is 11.8. The molecule has 2 aromatic carbocycles. The summed E-state index contributed by atoms with van der Waals surface area (Å²) in [7, 11) is 0. The first kappa shape index (κ1) is 16.4. The molecular weight excluding hydrogens is 361 g/mol. The Morgan fingerprint density at radius 3 is 2.50 bits per heavy atom. The van der Waals surface area contributed by atoms with E-state index < -0.39 is 11.7 Å². The van der Waals surface area contributed by atoms with E-state index in [9.17, 15) is 18.0 Å². The van der Waals surface area contributed by atoms with E-state index in [4.69, 9.17) is 0 Å². The summed E-state index contributed by atoms with van der Waals surface area (Å²) in [6.07, 6.45) is -4.41. The van der Waals surface area contributed by atoms with Crippen LogP contribution in [0.2, 0.25) is 0 Å². The minimum atomic E-state index is -4.41. The van der Waals surface area contributed by atoms with Crippen molar-refractivity contribution < 1.29 is 18.0 Å². The number of hydrogen-bond acceptors (Lipinski definition) is 2.